The lowest BCUT2D eigenvalue weighted by Crippen LogP contribution is -2.23. The molecular formula is C16H14OS. The number of rotatable bonds is 2. The molecular weight excluding hydrogens is 240 g/mol. The summed E-state index contributed by atoms with van der Waals surface area (Å²) in [6, 6.07) is 18.7. The molecule has 2 aromatic rings. The van der Waals surface area contributed by atoms with Crippen molar-refractivity contribution in [1.82, 2.24) is 0 Å². The first-order valence-corrected chi connectivity index (χ1v) is 6.74. The van der Waals surface area contributed by atoms with E-state index in [0.29, 0.717) is 0 Å². The van der Waals surface area contributed by atoms with Crippen molar-refractivity contribution in [2.24, 2.45) is 0 Å². The van der Waals surface area contributed by atoms with E-state index in [1.165, 1.54) is 16.0 Å². The number of fused-ring (bicyclic) bond motifs is 1. The number of methoxy groups -OCH3 is 1. The largest absolute Gasteiger partial charge is 0.359 e. The summed E-state index contributed by atoms with van der Waals surface area (Å²) in [6.07, 6.45) is 4.28. The molecule has 1 aliphatic heterocycles. The molecule has 1 nitrogen and oxygen atoms in total. The van der Waals surface area contributed by atoms with E-state index in [1.54, 1.807) is 18.9 Å². The van der Waals surface area contributed by atoms with E-state index in [-0.39, 0.29) is 0 Å². The summed E-state index contributed by atoms with van der Waals surface area (Å²) in [4.78, 5) is 0.848. The van der Waals surface area contributed by atoms with Crippen molar-refractivity contribution in [3.8, 4) is 0 Å². The average Bonchev–Trinajstić information content (AvgIpc) is 2.47. The molecule has 1 heterocycles. The summed E-state index contributed by atoms with van der Waals surface area (Å²) in [5, 5.41) is 0. The van der Waals surface area contributed by atoms with Gasteiger partial charge in [0.25, 0.3) is 0 Å². The second-order valence-electron chi connectivity index (χ2n) is 4.21. The molecule has 0 amide bonds. The van der Waals surface area contributed by atoms with Crippen LogP contribution in [0.4, 0.5) is 0 Å². The third-order valence-corrected chi connectivity index (χ3v) is 4.58. The van der Waals surface area contributed by atoms with Crippen LogP contribution in [-0.4, -0.2) is 7.11 Å². The minimum Gasteiger partial charge on any atom is -0.359 e. The number of thioether (sulfide) groups is 1. The number of hydrogen-bond donors (Lipinski definition) is 0. The Labute approximate surface area is 111 Å². The van der Waals surface area contributed by atoms with E-state index >= 15 is 0 Å². The predicted molar refractivity (Wildman–Crippen MR) is 76.5 cm³/mol. The van der Waals surface area contributed by atoms with Gasteiger partial charge in [-0.05, 0) is 23.3 Å². The molecule has 3 rings (SSSR count). The maximum atomic E-state index is 5.80. The van der Waals surface area contributed by atoms with Crippen molar-refractivity contribution in [2.45, 2.75) is 9.83 Å². The van der Waals surface area contributed by atoms with Crippen LogP contribution < -0.4 is 0 Å². The van der Waals surface area contributed by atoms with E-state index in [9.17, 15) is 0 Å². The summed E-state index contributed by atoms with van der Waals surface area (Å²) in [5.74, 6) is 0. The number of ether oxygens (including phenoxy) is 1. The molecule has 0 bridgehead atoms. The fourth-order valence-corrected chi connectivity index (χ4v) is 3.36. The van der Waals surface area contributed by atoms with Crippen molar-refractivity contribution in [3.05, 3.63) is 71.8 Å². The Hall–Kier alpha value is -1.51. The number of hydrogen-bond acceptors (Lipinski definition) is 2. The van der Waals surface area contributed by atoms with Crippen molar-refractivity contribution in [3.63, 3.8) is 0 Å². The molecule has 0 spiro atoms. The summed E-state index contributed by atoms with van der Waals surface area (Å²) >= 11 is 1.75. The molecule has 0 radical (unpaired) electrons. The van der Waals surface area contributed by atoms with Gasteiger partial charge in [0.1, 0.15) is 0 Å². The van der Waals surface area contributed by atoms with Gasteiger partial charge in [0, 0.05) is 12.0 Å². The SMILES string of the molecule is COC1(c2ccccc2)C=Cc2ccccc2S1. The highest BCUT2D eigenvalue weighted by molar-refractivity contribution is 8.00. The van der Waals surface area contributed by atoms with E-state index in [1.807, 2.05) is 18.2 Å². The Balaban J connectivity index is 2.07. The Morgan fingerprint density at radius 1 is 0.944 bits per heavy atom. The van der Waals surface area contributed by atoms with Gasteiger partial charge >= 0.3 is 0 Å². The van der Waals surface area contributed by atoms with Crippen LogP contribution in [-0.2, 0) is 9.67 Å². The molecule has 1 unspecified atom stereocenters. The van der Waals surface area contributed by atoms with Gasteiger partial charge in [0.15, 0.2) is 4.93 Å². The molecule has 0 saturated carbocycles. The molecule has 2 heteroatoms. The fourth-order valence-electron chi connectivity index (χ4n) is 2.16. The highest BCUT2D eigenvalue weighted by atomic mass is 32.2. The van der Waals surface area contributed by atoms with Gasteiger partial charge in [-0.3, -0.25) is 0 Å². The Bertz CT molecular complexity index is 577. The standard InChI is InChI=1S/C16H14OS/c1-17-16(14-8-3-2-4-9-14)12-11-13-7-5-6-10-15(13)18-16/h2-12H,1H3. The second-order valence-corrected chi connectivity index (χ2v) is 5.46. The third kappa shape index (κ3) is 1.88. The monoisotopic (exact) mass is 254 g/mol. The van der Waals surface area contributed by atoms with Crippen molar-refractivity contribution in [1.29, 1.82) is 0 Å². The second kappa shape index (κ2) is 4.63. The molecule has 0 N–H and O–H groups in total. The van der Waals surface area contributed by atoms with Gasteiger partial charge in [-0.25, -0.2) is 0 Å². The van der Waals surface area contributed by atoms with Crippen LogP contribution in [0.1, 0.15) is 11.1 Å². The van der Waals surface area contributed by atoms with E-state index in [0.717, 1.165) is 0 Å². The van der Waals surface area contributed by atoms with Gasteiger partial charge in [0.05, 0.1) is 0 Å². The van der Waals surface area contributed by atoms with Crippen LogP contribution in [0.15, 0.2) is 65.6 Å². The maximum Gasteiger partial charge on any atom is 0.162 e. The van der Waals surface area contributed by atoms with Crippen LogP contribution in [0, 0.1) is 0 Å². The summed E-state index contributed by atoms with van der Waals surface area (Å²) in [7, 11) is 1.76. The van der Waals surface area contributed by atoms with Gasteiger partial charge in [-0.1, -0.05) is 66.4 Å². The molecule has 0 aromatic heterocycles. The molecule has 90 valence electrons. The Morgan fingerprint density at radius 3 is 2.44 bits per heavy atom. The van der Waals surface area contributed by atoms with Gasteiger partial charge in [-0.15, -0.1) is 0 Å². The average molecular weight is 254 g/mol. The maximum absolute atomic E-state index is 5.80. The van der Waals surface area contributed by atoms with E-state index < -0.39 is 4.93 Å². The molecule has 0 saturated heterocycles. The van der Waals surface area contributed by atoms with Crippen molar-refractivity contribution in [2.75, 3.05) is 7.11 Å². The summed E-state index contributed by atoms with van der Waals surface area (Å²) in [5.41, 5.74) is 2.43. The van der Waals surface area contributed by atoms with E-state index in [2.05, 4.69) is 48.6 Å². The molecule has 1 aliphatic rings. The zero-order valence-corrected chi connectivity index (χ0v) is 11.0. The zero-order chi connectivity index (χ0) is 12.4. The minimum absolute atomic E-state index is 0.407. The molecule has 0 fully saturated rings. The lowest BCUT2D eigenvalue weighted by atomic mass is 10.1. The van der Waals surface area contributed by atoms with Crippen LogP contribution in [0.5, 0.6) is 0 Å². The molecule has 18 heavy (non-hydrogen) atoms. The molecule has 2 aromatic carbocycles. The first-order chi connectivity index (χ1) is 8.84. The van der Waals surface area contributed by atoms with Gasteiger partial charge in [-0.2, -0.15) is 0 Å². The Morgan fingerprint density at radius 2 is 1.67 bits per heavy atom. The lowest BCUT2D eigenvalue weighted by molar-refractivity contribution is 0.111. The Kier molecular flexibility index (Phi) is 2.98. The smallest absolute Gasteiger partial charge is 0.162 e. The predicted octanol–water partition coefficient (Wildman–Crippen LogP) is 4.30. The quantitative estimate of drug-likeness (QED) is 0.790. The van der Waals surface area contributed by atoms with Crippen LogP contribution in [0.3, 0.4) is 0 Å². The normalized spacial score (nSPS) is 21.6. The first kappa shape index (κ1) is 11.6. The van der Waals surface area contributed by atoms with Crippen molar-refractivity contribution >= 4 is 17.8 Å². The van der Waals surface area contributed by atoms with E-state index in [4.69, 9.17) is 4.74 Å². The number of benzene rings is 2. The fraction of sp³-hybridized carbons (Fsp3) is 0.125. The van der Waals surface area contributed by atoms with Gasteiger partial charge in [0.2, 0.25) is 0 Å². The topological polar surface area (TPSA) is 9.23 Å². The first-order valence-electron chi connectivity index (χ1n) is 5.92. The van der Waals surface area contributed by atoms with Crippen LogP contribution >= 0.6 is 11.8 Å². The van der Waals surface area contributed by atoms with Crippen LogP contribution in [0.2, 0.25) is 0 Å². The highest BCUT2D eigenvalue weighted by Gasteiger charge is 2.33. The molecule has 0 aliphatic carbocycles. The minimum atomic E-state index is -0.407. The zero-order valence-electron chi connectivity index (χ0n) is 10.2. The molecule has 1 atom stereocenters. The summed E-state index contributed by atoms with van der Waals surface area (Å²) in [6.45, 7) is 0. The third-order valence-electron chi connectivity index (χ3n) is 3.14. The highest BCUT2D eigenvalue weighted by Crippen LogP contribution is 2.47. The van der Waals surface area contributed by atoms with Gasteiger partial charge < -0.3 is 4.74 Å². The summed E-state index contributed by atoms with van der Waals surface area (Å²) < 4.78 is 5.80. The lowest BCUT2D eigenvalue weighted by Gasteiger charge is -2.32. The van der Waals surface area contributed by atoms with Crippen LogP contribution in [0.25, 0.3) is 6.08 Å². The van der Waals surface area contributed by atoms with Crippen molar-refractivity contribution < 1.29 is 4.74 Å².